The lowest BCUT2D eigenvalue weighted by atomic mass is 9.95. The predicted octanol–water partition coefficient (Wildman–Crippen LogP) is 4.14. The Morgan fingerprint density at radius 2 is 2.00 bits per heavy atom. The topological polar surface area (TPSA) is 38.3 Å². The van der Waals surface area contributed by atoms with Crippen molar-refractivity contribution < 1.29 is 9.53 Å². The fraction of sp³-hybridized carbons (Fsp3) is 0.562. The van der Waals surface area contributed by atoms with Crippen LogP contribution < -0.4 is 5.32 Å². The van der Waals surface area contributed by atoms with Gasteiger partial charge in [0.1, 0.15) is 5.54 Å². The molecule has 0 fully saturated rings. The average molecular weight is 330 g/mol. The van der Waals surface area contributed by atoms with Crippen molar-refractivity contribution in [2.24, 2.45) is 0 Å². The average Bonchev–Trinajstić information content (AvgIpc) is 2.39. The minimum atomic E-state index is -0.698. The quantitative estimate of drug-likeness (QED) is 0.602. The fourth-order valence-corrected chi connectivity index (χ4v) is 3.89. The first-order chi connectivity index (χ1) is 9.78. The van der Waals surface area contributed by atoms with Gasteiger partial charge in [0, 0.05) is 16.2 Å². The maximum Gasteiger partial charge on any atom is 0.325 e. The highest BCUT2D eigenvalue weighted by atomic mass is 35.5. The van der Waals surface area contributed by atoms with Crippen LogP contribution in [-0.4, -0.2) is 29.9 Å². The van der Waals surface area contributed by atoms with Gasteiger partial charge in [0.2, 0.25) is 0 Å². The van der Waals surface area contributed by atoms with Gasteiger partial charge in [-0.1, -0.05) is 30.7 Å². The van der Waals surface area contributed by atoms with Gasteiger partial charge in [0.15, 0.2) is 0 Å². The van der Waals surface area contributed by atoms with E-state index < -0.39 is 5.54 Å². The summed E-state index contributed by atoms with van der Waals surface area (Å²) >= 11 is 7.86. The molecular formula is C16H24ClNO2S. The smallest absolute Gasteiger partial charge is 0.325 e. The number of carbonyl (C=O) groups excluding carboxylic acids is 1. The van der Waals surface area contributed by atoms with Crippen LogP contribution in [0.2, 0.25) is 5.02 Å². The normalized spacial score (nSPS) is 15.6. The third-order valence-electron chi connectivity index (χ3n) is 3.10. The highest BCUT2D eigenvalue weighted by Gasteiger charge is 2.36. The first kappa shape index (κ1) is 18.3. The molecule has 0 saturated heterocycles. The monoisotopic (exact) mass is 329 g/mol. The van der Waals surface area contributed by atoms with E-state index in [0.29, 0.717) is 6.42 Å². The number of hydrogen-bond acceptors (Lipinski definition) is 4. The largest absolute Gasteiger partial charge is 0.468 e. The molecule has 118 valence electrons. The number of hydrogen-bond donors (Lipinski definition) is 1. The minimum absolute atomic E-state index is 0.201. The fourth-order valence-electron chi connectivity index (χ4n) is 2.44. The molecule has 1 aromatic carbocycles. The van der Waals surface area contributed by atoms with Gasteiger partial charge in [-0.3, -0.25) is 10.1 Å². The Kier molecular flexibility index (Phi) is 7.04. The molecule has 0 radical (unpaired) electrons. The predicted molar refractivity (Wildman–Crippen MR) is 90.1 cm³/mol. The van der Waals surface area contributed by atoms with Crippen LogP contribution in [0.5, 0.6) is 0 Å². The number of thioether (sulfide) groups is 1. The number of ether oxygens (including phenoxy) is 1. The van der Waals surface area contributed by atoms with Crippen LogP contribution in [-0.2, 0) is 9.53 Å². The van der Waals surface area contributed by atoms with Crippen molar-refractivity contribution in [2.75, 3.05) is 7.11 Å². The summed E-state index contributed by atoms with van der Waals surface area (Å²) < 4.78 is 4.95. The van der Waals surface area contributed by atoms with Crippen molar-refractivity contribution in [3.05, 3.63) is 29.3 Å². The van der Waals surface area contributed by atoms with Crippen molar-refractivity contribution >= 4 is 29.3 Å². The Hall–Kier alpha value is -0.710. The number of nitrogens with one attached hydrogen (secondary N) is 1. The molecule has 1 N–H and O–H groups in total. The SMILES string of the molecule is COC(=O)C(C)(CC(C)Sc1ccccc1Cl)NC(C)C. The Morgan fingerprint density at radius 1 is 1.38 bits per heavy atom. The van der Waals surface area contributed by atoms with Gasteiger partial charge >= 0.3 is 5.97 Å². The summed E-state index contributed by atoms with van der Waals surface area (Å²) in [7, 11) is 1.43. The summed E-state index contributed by atoms with van der Waals surface area (Å²) in [5, 5.41) is 4.28. The summed E-state index contributed by atoms with van der Waals surface area (Å²) in [5.41, 5.74) is -0.698. The number of methoxy groups -OCH3 is 1. The van der Waals surface area contributed by atoms with E-state index in [4.69, 9.17) is 16.3 Å². The molecule has 0 spiro atoms. The second-order valence-corrected chi connectivity index (χ2v) is 7.57. The zero-order chi connectivity index (χ0) is 16.0. The maximum atomic E-state index is 12.1. The second-order valence-electron chi connectivity index (χ2n) is 5.69. The number of carbonyl (C=O) groups is 1. The molecule has 0 aliphatic carbocycles. The van der Waals surface area contributed by atoms with E-state index in [2.05, 4.69) is 12.2 Å². The van der Waals surface area contributed by atoms with Crippen LogP contribution >= 0.6 is 23.4 Å². The van der Waals surface area contributed by atoms with E-state index in [9.17, 15) is 4.79 Å². The van der Waals surface area contributed by atoms with E-state index in [1.54, 1.807) is 11.8 Å². The van der Waals surface area contributed by atoms with Crippen LogP contribution in [0.15, 0.2) is 29.2 Å². The second kappa shape index (κ2) is 8.06. The van der Waals surface area contributed by atoms with E-state index in [1.165, 1.54) is 7.11 Å². The molecule has 0 aliphatic heterocycles. The first-order valence-electron chi connectivity index (χ1n) is 7.06. The van der Waals surface area contributed by atoms with Gasteiger partial charge in [-0.25, -0.2) is 0 Å². The van der Waals surface area contributed by atoms with Gasteiger partial charge in [0.25, 0.3) is 0 Å². The van der Waals surface area contributed by atoms with Crippen LogP contribution in [0.1, 0.15) is 34.1 Å². The standard InChI is InChI=1S/C16H24ClNO2S/c1-11(2)18-16(4,15(19)20-5)10-12(3)21-14-9-7-6-8-13(14)17/h6-9,11-12,18H,10H2,1-5H3. The molecule has 0 aliphatic rings. The number of esters is 1. The number of benzene rings is 1. The lowest BCUT2D eigenvalue weighted by molar-refractivity contribution is -0.148. The molecule has 0 amide bonds. The molecule has 21 heavy (non-hydrogen) atoms. The molecule has 3 nitrogen and oxygen atoms in total. The lowest BCUT2D eigenvalue weighted by Crippen LogP contribution is -2.54. The van der Waals surface area contributed by atoms with Gasteiger partial charge in [-0.2, -0.15) is 0 Å². The summed E-state index contributed by atoms with van der Waals surface area (Å²) in [5.74, 6) is -0.234. The highest BCUT2D eigenvalue weighted by Crippen LogP contribution is 2.33. The summed E-state index contributed by atoms with van der Waals surface area (Å²) in [6.07, 6.45) is 0.660. The molecule has 2 atom stereocenters. The van der Waals surface area contributed by atoms with Crippen LogP contribution in [0.25, 0.3) is 0 Å². The Labute approximate surface area is 136 Å². The third-order valence-corrected chi connectivity index (χ3v) is 4.72. The molecule has 0 aromatic heterocycles. The van der Waals surface area contributed by atoms with Crippen LogP contribution in [0.3, 0.4) is 0 Å². The number of halogens is 1. The van der Waals surface area contributed by atoms with Gasteiger partial charge in [-0.05, 0) is 39.3 Å². The molecule has 0 heterocycles. The summed E-state index contributed by atoms with van der Waals surface area (Å²) in [6, 6.07) is 7.95. The molecule has 1 rings (SSSR count). The zero-order valence-electron chi connectivity index (χ0n) is 13.3. The highest BCUT2D eigenvalue weighted by molar-refractivity contribution is 8.00. The first-order valence-corrected chi connectivity index (χ1v) is 8.31. The minimum Gasteiger partial charge on any atom is -0.468 e. The van der Waals surface area contributed by atoms with Crippen molar-refractivity contribution in [3.63, 3.8) is 0 Å². The van der Waals surface area contributed by atoms with E-state index in [0.717, 1.165) is 9.92 Å². The molecule has 0 bridgehead atoms. The molecule has 0 saturated carbocycles. The van der Waals surface area contributed by atoms with Gasteiger partial charge in [-0.15, -0.1) is 11.8 Å². The summed E-state index contributed by atoms with van der Waals surface area (Å²) in [4.78, 5) is 13.1. The molecule has 5 heteroatoms. The Morgan fingerprint density at radius 3 is 2.52 bits per heavy atom. The van der Waals surface area contributed by atoms with E-state index in [-0.39, 0.29) is 17.3 Å². The van der Waals surface area contributed by atoms with Gasteiger partial charge in [0.05, 0.1) is 12.1 Å². The Balaban J connectivity index is 2.79. The zero-order valence-corrected chi connectivity index (χ0v) is 14.8. The van der Waals surface area contributed by atoms with Crippen LogP contribution in [0, 0.1) is 0 Å². The maximum absolute atomic E-state index is 12.1. The van der Waals surface area contributed by atoms with Crippen molar-refractivity contribution in [3.8, 4) is 0 Å². The van der Waals surface area contributed by atoms with Gasteiger partial charge < -0.3 is 4.74 Å². The number of rotatable bonds is 7. The molecule has 1 aromatic rings. The van der Waals surface area contributed by atoms with Crippen molar-refractivity contribution in [1.82, 2.24) is 5.32 Å². The van der Waals surface area contributed by atoms with Crippen molar-refractivity contribution in [2.45, 2.75) is 55.8 Å². The molecular weight excluding hydrogens is 306 g/mol. The van der Waals surface area contributed by atoms with Crippen molar-refractivity contribution in [1.29, 1.82) is 0 Å². The van der Waals surface area contributed by atoms with Crippen LogP contribution in [0.4, 0.5) is 0 Å². The molecule has 2 unspecified atom stereocenters. The Bertz CT molecular complexity index is 481. The van der Waals surface area contributed by atoms with E-state index >= 15 is 0 Å². The third kappa shape index (κ3) is 5.53. The van der Waals surface area contributed by atoms with E-state index in [1.807, 2.05) is 45.0 Å². The lowest BCUT2D eigenvalue weighted by Gasteiger charge is -2.32. The summed E-state index contributed by atoms with van der Waals surface area (Å²) in [6.45, 7) is 8.03.